The predicted molar refractivity (Wildman–Crippen MR) is 112 cm³/mol. The molecule has 0 aliphatic carbocycles. The van der Waals surface area contributed by atoms with Crippen molar-refractivity contribution in [2.45, 2.75) is 25.7 Å². The third kappa shape index (κ3) is 7.28. The SMILES string of the molecule is CN=C(NCCCCSC)NCC1CC(=O)N(CCc2ccccc2)C1. The number of aliphatic imine (C=N–C) groups is 1. The second kappa shape index (κ2) is 11.8. The van der Waals surface area contributed by atoms with Gasteiger partial charge >= 0.3 is 0 Å². The Kier molecular flexibility index (Phi) is 9.39. The summed E-state index contributed by atoms with van der Waals surface area (Å²) in [4.78, 5) is 18.5. The van der Waals surface area contributed by atoms with E-state index in [4.69, 9.17) is 0 Å². The highest BCUT2D eigenvalue weighted by atomic mass is 32.2. The van der Waals surface area contributed by atoms with Crippen molar-refractivity contribution < 1.29 is 4.79 Å². The number of hydrogen-bond acceptors (Lipinski definition) is 3. The first kappa shape index (κ1) is 20.6. The molecule has 1 unspecified atom stereocenters. The van der Waals surface area contributed by atoms with Crippen molar-refractivity contribution in [2.75, 3.05) is 45.2 Å². The lowest BCUT2D eigenvalue weighted by Crippen LogP contribution is -2.40. The van der Waals surface area contributed by atoms with Crippen LogP contribution in [-0.4, -0.2) is 62.0 Å². The summed E-state index contributed by atoms with van der Waals surface area (Å²) in [7, 11) is 1.79. The molecule has 1 aromatic carbocycles. The Balaban J connectivity index is 1.66. The molecule has 0 spiro atoms. The Labute approximate surface area is 162 Å². The first-order valence-corrected chi connectivity index (χ1v) is 10.9. The van der Waals surface area contributed by atoms with Gasteiger partial charge in [-0.05, 0) is 36.8 Å². The van der Waals surface area contributed by atoms with Crippen molar-refractivity contribution in [1.82, 2.24) is 15.5 Å². The number of carbonyl (C=O) groups excluding carboxylic acids is 1. The number of likely N-dealkylation sites (tertiary alicyclic amines) is 1. The minimum Gasteiger partial charge on any atom is -0.356 e. The fourth-order valence-electron chi connectivity index (χ4n) is 3.16. The number of carbonyl (C=O) groups is 1. The van der Waals surface area contributed by atoms with Gasteiger partial charge in [-0.3, -0.25) is 9.79 Å². The van der Waals surface area contributed by atoms with E-state index in [2.05, 4.69) is 34.0 Å². The predicted octanol–water partition coefficient (Wildman–Crippen LogP) is 2.39. The fourth-order valence-corrected chi connectivity index (χ4v) is 3.65. The number of benzene rings is 1. The molecule has 1 aromatic rings. The summed E-state index contributed by atoms with van der Waals surface area (Å²) in [5.74, 6) is 2.67. The third-order valence-corrected chi connectivity index (χ3v) is 5.35. The van der Waals surface area contributed by atoms with Crippen molar-refractivity contribution >= 4 is 23.6 Å². The molecule has 26 heavy (non-hydrogen) atoms. The largest absolute Gasteiger partial charge is 0.356 e. The van der Waals surface area contributed by atoms with E-state index in [0.29, 0.717) is 12.3 Å². The summed E-state index contributed by atoms with van der Waals surface area (Å²) in [6, 6.07) is 10.4. The minimum absolute atomic E-state index is 0.271. The summed E-state index contributed by atoms with van der Waals surface area (Å²) in [6.07, 6.45) is 6.06. The third-order valence-electron chi connectivity index (χ3n) is 4.66. The molecule has 1 aliphatic rings. The van der Waals surface area contributed by atoms with Gasteiger partial charge in [-0.25, -0.2) is 0 Å². The van der Waals surface area contributed by atoms with Gasteiger partial charge in [0.05, 0.1) is 0 Å². The molecule has 1 heterocycles. The van der Waals surface area contributed by atoms with Gasteiger partial charge in [-0.15, -0.1) is 0 Å². The maximum atomic E-state index is 12.2. The second-order valence-electron chi connectivity index (χ2n) is 6.73. The van der Waals surface area contributed by atoms with Gasteiger partial charge in [0.1, 0.15) is 0 Å². The highest BCUT2D eigenvalue weighted by Crippen LogP contribution is 2.17. The van der Waals surface area contributed by atoms with Gasteiger partial charge < -0.3 is 15.5 Å². The van der Waals surface area contributed by atoms with Gasteiger partial charge in [0, 0.05) is 45.6 Å². The lowest BCUT2D eigenvalue weighted by Gasteiger charge is -2.18. The van der Waals surface area contributed by atoms with E-state index in [0.717, 1.165) is 45.0 Å². The average Bonchev–Trinajstić information content (AvgIpc) is 3.03. The molecular formula is C20H32N4OS. The zero-order chi connectivity index (χ0) is 18.6. The van der Waals surface area contributed by atoms with Gasteiger partial charge in [-0.1, -0.05) is 30.3 Å². The Hall–Kier alpha value is -1.69. The first-order valence-electron chi connectivity index (χ1n) is 9.48. The molecule has 0 saturated carbocycles. The molecule has 2 rings (SSSR count). The normalized spacial score (nSPS) is 17.6. The van der Waals surface area contributed by atoms with Crippen molar-refractivity contribution in [2.24, 2.45) is 10.9 Å². The summed E-state index contributed by atoms with van der Waals surface area (Å²) in [6.45, 7) is 3.37. The zero-order valence-electron chi connectivity index (χ0n) is 16.0. The molecule has 1 fully saturated rings. The molecule has 2 N–H and O–H groups in total. The van der Waals surface area contributed by atoms with Crippen LogP contribution in [0.25, 0.3) is 0 Å². The Bertz CT molecular complexity index is 564. The lowest BCUT2D eigenvalue weighted by atomic mass is 10.1. The minimum atomic E-state index is 0.271. The number of unbranched alkanes of at least 4 members (excludes halogenated alkanes) is 1. The quantitative estimate of drug-likeness (QED) is 0.374. The molecule has 0 aromatic heterocycles. The van der Waals surface area contributed by atoms with Crippen molar-refractivity contribution in [3.63, 3.8) is 0 Å². The monoisotopic (exact) mass is 376 g/mol. The molecule has 1 atom stereocenters. The van der Waals surface area contributed by atoms with Crippen LogP contribution in [0.2, 0.25) is 0 Å². The van der Waals surface area contributed by atoms with Crippen LogP contribution in [0.15, 0.2) is 35.3 Å². The molecular weight excluding hydrogens is 344 g/mol. The summed E-state index contributed by atoms with van der Waals surface area (Å²) in [5.41, 5.74) is 1.29. The number of amides is 1. The van der Waals surface area contributed by atoms with E-state index >= 15 is 0 Å². The smallest absolute Gasteiger partial charge is 0.223 e. The topological polar surface area (TPSA) is 56.7 Å². The van der Waals surface area contributed by atoms with Gasteiger partial charge in [0.2, 0.25) is 5.91 Å². The zero-order valence-corrected chi connectivity index (χ0v) is 16.9. The maximum absolute atomic E-state index is 12.2. The van der Waals surface area contributed by atoms with Gasteiger partial charge in [-0.2, -0.15) is 11.8 Å². The summed E-state index contributed by atoms with van der Waals surface area (Å²) >= 11 is 1.89. The molecule has 5 nitrogen and oxygen atoms in total. The van der Waals surface area contributed by atoms with E-state index in [1.54, 1.807) is 7.05 Å². The Morgan fingerprint density at radius 2 is 2.08 bits per heavy atom. The number of rotatable bonds is 10. The highest BCUT2D eigenvalue weighted by Gasteiger charge is 2.29. The molecule has 0 bridgehead atoms. The van der Waals surface area contributed by atoms with E-state index in [1.165, 1.54) is 17.7 Å². The van der Waals surface area contributed by atoms with Crippen LogP contribution in [0.5, 0.6) is 0 Å². The van der Waals surface area contributed by atoms with E-state index in [-0.39, 0.29) is 5.91 Å². The first-order chi connectivity index (χ1) is 12.7. The molecule has 0 radical (unpaired) electrons. The van der Waals surface area contributed by atoms with Crippen LogP contribution in [0.1, 0.15) is 24.8 Å². The van der Waals surface area contributed by atoms with Gasteiger partial charge in [0.25, 0.3) is 0 Å². The van der Waals surface area contributed by atoms with Gasteiger partial charge in [0.15, 0.2) is 5.96 Å². The molecule has 1 saturated heterocycles. The lowest BCUT2D eigenvalue weighted by molar-refractivity contribution is -0.127. The van der Waals surface area contributed by atoms with Crippen LogP contribution in [0, 0.1) is 5.92 Å². The standard InChI is InChI=1S/C20H32N4OS/c1-21-20(22-11-6-7-13-26-2)23-15-18-14-19(25)24(16-18)12-10-17-8-4-3-5-9-17/h3-5,8-9,18H,6-7,10-16H2,1-2H3,(H2,21,22,23). The van der Waals surface area contributed by atoms with Crippen molar-refractivity contribution in [3.8, 4) is 0 Å². The number of hydrogen-bond donors (Lipinski definition) is 2. The number of guanidine groups is 1. The molecule has 144 valence electrons. The molecule has 1 aliphatic heterocycles. The molecule has 6 heteroatoms. The Morgan fingerprint density at radius 3 is 2.81 bits per heavy atom. The van der Waals surface area contributed by atoms with E-state index in [1.807, 2.05) is 34.9 Å². The highest BCUT2D eigenvalue weighted by molar-refractivity contribution is 7.98. The van der Waals surface area contributed by atoms with Crippen molar-refractivity contribution in [3.05, 3.63) is 35.9 Å². The number of nitrogens with zero attached hydrogens (tertiary/aromatic N) is 2. The summed E-state index contributed by atoms with van der Waals surface area (Å²) < 4.78 is 0. The van der Waals surface area contributed by atoms with Crippen LogP contribution in [0.4, 0.5) is 0 Å². The van der Waals surface area contributed by atoms with E-state index < -0.39 is 0 Å². The number of thioether (sulfide) groups is 1. The van der Waals surface area contributed by atoms with Crippen LogP contribution in [-0.2, 0) is 11.2 Å². The van der Waals surface area contributed by atoms with Crippen LogP contribution in [0.3, 0.4) is 0 Å². The summed E-state index contributed by atoms with van der Waals surface area (Å²) in [5, 5.41) is 6.72. The van der Waals surface area contributed by atoms with Crippen LogP contribution >= 0.6 is 11.8 Å². The Morgan fingerprint density at radius 1 is 1.27 bits per heavy atom. The van der Waals surface area contributed by atoms with Crippen molar-refractivity contribution in [1.29, 1.82) is 0 Å². The number of nitrogens with one attached hydrogen (secondary N) is 2. The fraction of sp³-hybridized carbons (Fsp3) is 0.600. The molecule has 1 amide bonds. The second-order valence-corrected chi connectivity index (χ2v) is 7.71. The average molecular weight is 377 g/mol. The van der Waals surface area contributed by atoms with E-state index in [9.17, 15) is 4.79 Å². The maximum Gasteiger partial charge on any atom is 0.223 e. The van der Waals surface area contributed by atoms with Crippen LogP contribution < -0.4 is 10.6 Å².